The number of carbonyl (C=O) groups is 2. The Hall–Kier alpha value is -1.62. The second kappa shape index (κ2) is 4.71. The molecule has 0 aliphatic heterocycles. The number of anilines is 1. The molecule has 5 nitrogen and oxygen atoms in total. The molecule has 1 aliphatic carbocycles. The fourth-order valence-corrected chi connectivity index (χ4v) is 2.19. The van der Waals surface area contributed by atoms with Gasteiger partial charge in [-0.05, 0) is 24.0 Å². The first-order valence-electron chi connectivity index (χ1n) is 5.23. The lowest BCUT2D eigenvalue weighted by molar-refractivity contribution is -0.117. The molecule has 1 aromatic heterocycles. The number of carbonyl (C=O) groups excluding carboxylic acids is 1. The van der Waals surface area contributed by atoms with E-state index < -0.39 is 6.09 Å². The average molecular weight is 255 g/mol. The van der Waals surface area contributed by atoms with E-state index in [9.17, 15) is 9.59 Å². The Kier molecular flexibility index (Phi) is 3.28. The van der Waals surface area contributed by atoms with Crippen LogP contribution in [0, 0.1) is 0 Å². The summed E-state index contributed by atoms with van der Waals surface area (Å²) in [6, 6.07) is 1.67. The summed E-state index contributed by atoms with van der Waals surface area (Å²) in [6.07, 6.45) is 2.28. The van der Waals surface area contributed by atoms with Crippen LogP contribution in [0.1, 0.15) is 30.7 Å². The van der Waals surface area contributed by atoms with Crippen molar-refractivity contribution >= 4 is 29.3 Å². The average Bonchev–Trinajstić information content (AvgIpc) is 2.67. The molecule has 90 valence electrons. The number of nitrogens with one attached hydrogen (secondary N) is 1. The Morgan fingerprint density at radius 3 is 2.88 bits per heavy atom. The van der Waals surface area contributed by atoms with E-state index in [1.165, 1.54) is 0 Å². The molecule has 2 rings (SSSR count). The molecule has 1 amide bonds. The predicted molar refractivity (Wildman–Crippen MR) is 62.5 cm³/mol. The number of nitrogens with zero attached hydrogens (tertiary/aromatic N) is 1. The molecule has 2 N–H and O–H groups in total. The van der Waals surface area contributed by atoms with Gasteiger partial charge in [-0.1, -0.05) is 11.6 Å². The highest BCUT2D eigenvalue weighted by Gasteiger charge is 2.24. The van der Waals surface area contributed by atoms with Gasteiger partial charge in [-0.25, -0.2) is 9.78 Å². The smallest absolute Gasteiger partial charge is 0.410 e. The maximum absolute atomic E-state index is 11.2. The van der Waals surface area contributed by atoms with E-state index in [4.69, 9.17) is 16.7 Å². The van der Waals surface area contributed by atoms with Crippen molar-refractivity contribution < 1.29 is 14.7 Å². The van der Waals surface area contributed by atoms with Gasteiger partial charge in [0.25, 0.3) is 0 Å². The summed E-state index contributed by atoms with van der Waals surface area (Å²) in [5.74, 6) is 0.525. The first-order chi connectivity index (χ1) is 8.06. The van der Waals surface area contributed by atoms with Crippen molar-refractivity contribution in [3.63, 3.8) is 0 Å². The number of hydrogen-bond acceptors (Lipinski definition) is 3. The number of pyridine rings is 1. The molecule has 1 aliphatic rings. The van der Waals surface area contributed by atoms with Crippen LogP contribution in [0.2, 0.25) is 5.02 Å². The van der Waals surface area contributed by atoms with Gasteiger partial charge in [-0.2, -0.15) is 0 Å². The zero-order valence-corrected chi connectivity index (χ0v) is 9.70. The minimum Gasteiger partial charge on any atom is -0.465 e. The van der Waals surface area contributed by atoms with Gasteiger partial charge in [0, 0.05) is 19.0 Å². The Labute approximate surface area is 103 Å². The van der Waals surface area contributed by atoms with Gasteiger partial charge in [-0.15, -0.1) is 0 Å². The van der Waals surface area contributed by atoms with Crippen LogP contribution in [-0.2, 0) is 4.79 Å². The zero-order valence-electron chi connectivity index (χ0n) is 8.94. The molecule has 0 unspecified atom stereocenters. The van der Waals surface area contributed by atoms with E-state index in [1.54, 1.807) is 12.3 Å². The lowest BCUT2D eigenvalue weighted by atomic mass is 10.00. The van der Waals surface area contributed by atoms with Crippen LogP contribution < -0.4 is 5.32 Å². The van der Waals surface area contributed by atoms with E-state index in [0.717, 1.165) is 12.0 Å². The molecular weight excluding hydrogens is 244 g/mol. The number of hydrogen-bond donors (Lipinski definition) is 2. The summed E-state index contributed by atoms with van der Waals surface area (Å²) in [5, 5.41) is 10.9. The standard InChI is InChI=1S/C11H11ClN2O3/c12-9-4-7(6-1-2-8(15)3-6)5-13-10(9)14-11(16)17/h4-6H,1-3H2,(H,13,14)(H,16,17)/t6-/m1/s1. The first-order valence-corrected chi connectivity index (χ1v) is 5.61. The fraction of sp³-hybridized carbons (Fsp3) is 0.364. The number of ketones is 1. The maximum atomic E-state index is 11.2. The van der Waals surface area contributed by atoms with Crippen LogP contribution in [0.5, 0.6) is 0 Å². The largest absolute Gasteiger partial charge is 0.465 e. The van der Waals surface area contributed by atoms with Crippen LogP contribution in [0.3, 0.4) is 0 Å². The van der Waals surface area contributed by atoms with E-state index in [1.807, 2.05) is 0 Å². The topological polar surface area (TPSA) is 79.3 Å². The zero-order chi connectivity index (χ0) is 12.4. The Bertz CT molecular complexity index is 476. The summed E-state index contributed by atoms with van der Waals surface area (Å²) < 4.78 is 0. The highest BCUT2D eigenvalue weighted by molar-refractivity contribution is 6.33. The summed E-state index contributed by atoms with van der Waals surface area (Å²) >= 11 is 5.92. The normalized spacial score (nSPS) is 19.4. The quantitative estimate of drug-likeness (QED) is 0.850. The molecule has 0 spiro atoms. The summed E-state index contributed by atoms with van der Waals surface area (Å²) in [4.78, 5) is 25.6. The Morgan fingerprint density at radius 1 is 1.59 bits per heavy atom. The van der Waals surface area contributed by atoms with Gasteiger partial charge in [0.1, 0.15) is 5.78 Å². The van der Waals surface area contributed by atoms with Crippen molar-refractivity contribution in [2.45, 2.75) is 25.2 Å². The summed E-state index contributed by atoms with van der Waals surface area (Å²) in [7, 11) is 0. The van der Waals surface area contributed by atoms with Crippen LogP contribution in [-0.4, -0.2) is 22.0 Å². The van der Waals surface area contributed by atoms with E-state index in [-0.39, 0.29) is 22.5 Å². The first kappa shape index (κ1) is 11.9. The number of Topliss-reactive ketones (excluding diaryl/α,β-unsaturated/α-hetero) is 1. The third-order valence-electron chi connectivity index (χ3n) is 2.80. The number of carboxylic acid groups (broad SMARTS) is 1. The molecule has 1 aromatic rings. The van der Waals surface area contributed by atoms with Crippen molar-refractivity contribution in [3.8, 4) is 0 Å². The lowest BCUT2D eigenvalue weighted by Gasteiger charge is -2.10. The molecule has 1 saturated carbocycles. The van der Waals surface area contributed by atoms with E-state index in [0.29, 0.717) is 12.8 Å². The highest BCUT2D eigenvalue weighted by atomic mass is 35.5. The predicted octanol–water partition coefficient (Wildman–Crippen LogP) is 2.66. The van der Waals surface area contributed by atoms with Crippen LogP contribution in [0.15, 0.2) is 12.3 Å². The van der Waals surface area contributed by atoms with Crippen molar-refractivity contribution in [1.82, 2.24) is 4.98 Å². The molecule has 0 aromatic carbocycles. The molecule has 0 radical (unpaired) electrons. The minimum absolute atomic E-state index is 0.118. The molecule has 0 bridgehead atoms. The third kappa shape index (κ3) is 2.74. The molecule has 6 heteroatoms. The monoisotopic (exact) mass is 254 g/mol. The van der Waals surface area contributed by atoms with Crippen molar-refractivity contribution in [3.05, 3.63) is 22.8 Å². The van der Waals surface area contributed by atoms with Crippen LogP contribution >= 0.6 is 11.6 Å². The number of amides is 1. The molecule has 1 heterocycles. The molecular formula is C11H11ClN2O3. The summed E-state index contributed by atoms with van der Waals surface area (Å²) in [6.45, 7) is 0. The number of aromatic nitrogens is 1. The van der Waals surface area contributed by atoms with Gasteiger partial charge < -0.3 is 5.11 Å². The van der Waals surface area contributed by atoms with Gasteiger partial charge in [0.2, 0.25) is 0 Å². The second-order valence-corrected chi connectivity index (χ2v) is 4.41. The summed E-state index contributed by atoms with van der Waals surface area (Å²) in [5.41, 5.74) is 0.886. The van der Waals surface area contributed by atoms with Gasteiger partial charge in [0.15, 0.2) is 5.82 Å². The van der Waals surface area contributed by atoms with Gasteiger partial charge in [-0.3, -0.25) is 10.1 Å². The number of rotatable bonds is 2. The van der Waals surface area contributed by atoms with E-state index >= 15 is 0 Å². The van der Waals surface area contributed by atoms with Gasteiger partial charge in [0.05, 0.1) is 5.02 Å². The number of halogens is 1. The minimum atomic E-state index is -1.21. The van der Waals surface area contributed by atoms with Gasteiger partial charge >= 0.3 is 6.09 Å². The van der Waals surface area contributed by atoms with Crippen molar-refractivity contribution in [2.24, 2.45) is 0 Å². The lowest BCUT2D eigenvalue weighted by Crippen LogP contribution is -2.09. The third-order valence-corrected chi connectivity index (χ3v) is 3.09. The van der Waals surface area contributed by atoms with Crippen LogP contribution in [0.25, 0.3) is 0 Å². The SMILES string of the molecule is O=C1CC[C@@H](c2cnc(NC(=O)O)c(Cl)c2)C1. The Morgan fingerprint density at radius 2 is 2.35 bits per heavy atom. The van der Waals surface area contributed by atoms with E-state index in [2.05, 4.69) is 10.3 Å². The fourth-order valence-electron chi connectivity index (χ4n) is 1.97. The molecule has 1 atom stereocenters. The van der Waals surface area contributed by atoms with Crippen molar-refractivity contribution in [2.75, 3.05) is 5.32 Å². The highest BCUT2D eigenvalue weighted by Crippen LogP contribution is 2.34. The molecule has 1 fully saturated rings. The molecule has 17 heavy (non-hydrogen) atoms. The van der Waals surface area contributed by atoms with Crippen molar-refractivity contribution in [1.29, 1.82) is 0 Å². The van der Waals surface area contributed by atoms with Crippen LogP contribution in [0.4, 0.5) is 10.6 Å². The second-order valence-electron chi connectivity index (χ2n) is 4.01. The Balaban J connectivity index is 2.18. The maximum Gasteiger partial charge on any atom is 0.410 e. The molecule has 0 saturated heterocycles.